The molecule has 1 saturated carbocycles. The molecule has 1 aliphatic rings. The van der Waals surface area contributed by atoms with E-state index in [1.54, 1.807) is 13.0 Å². The molecule has 104 valence electrons. The molecule has 0 bridgehead atoms. The molecule has 1 heterocycles. The van der Waals surface area contributed by atoms with Gasteiger partial charge in [0, 0.05) is 0 Å². The molecule has 2 rings (SSSR count). The van der Waals surface area contributed by atoms with Gasteiger partial charge >= 0.3 is 5.97 Å². The Balaban J connectivity index is 1.94. The van der Waals surface area contributed by atoms with Gasteiger partial charge in [0.2, 0.25) is 5.91 Å². The second-order valence-corrected chi connectivity index (χ2v) is 5.95. The van der Waals surface area contributed by atoms with Gasteiger partial charge in [-0.1, -0.05) is 0 Å². The Labute approximate surface area is 120 Å². The minimum absolute atomic E-state index is 0.178. The zero-order valence-corrected chi connectivity index (χ0v) is 12.0. The first-order valence-corrected chi connectivity index (χ1v) is 6.44. The number of esters is 1. The molecule has 1 aromatic rings. The molecule has 1 unspecified atom stereocenters. The average Bonchev–Trinajstić information content (AvgIpc) is 2.83. The van der Waals surface area contributed by atoms with E-state index in [0.29, 0.717) is 23.5 Å². The molecule has 5 nitrogen and oxygen atoms in total. The third-order valence-electron chi connectivity index (χ3n) is 2.95. The third-order valence-corrected chi connectivity index (χ3v) is 3.79. The second-order valence-electron chi connectivity index (χ2n) is 4.41. The summed E-state index contributed by atoms with van der Waals surface area (Å²) in [5, 5.41) is 2.66. The molecule has 0 aromatic carbocycles. The summed E-state index contributed by atoms with van der Waals surface area (Å²) in [7, 11) is 1.30. The van der Waals surface area contributed by atoms with Crippen molar-refractivity contribution >= 4 is 35.1 Å². The molecule has 0 radical (unpaired) electrons. The van der Waals surface area contributed by atoms with Crippen LogP contribution in [0.5, 0.6) is 0 Å². The van der Waals surface area contributed by atoms with E-state index in [-0.39, 0.29) is 18.4 Å². The zero-order chi connectivity index (χ0) is 14.2. The fourth-order valence-corrected chi connectivity index (χ4v) is 2.25. The average molecular weight is 306 g/mol. The topological polar surface area (TPSA) is 68.5 Å². The lowest BCUT2D eigenvalue weighted by Gasteiger charge is -2.02. The van der Waals surface area contributed by atoms with Gasteiger partial charge < -0.3 is 14.5 Å². The number of alkyl halides is 2. The van der Waals surface area contributed by atoms with E-state index in [0.717, 1.165) is 0 Å². The van der Waals surface area contributed by atoms with Crippen molar-refractivity contribution in [2.24, 2.45) is 5.92 Å². The lowest BCUT2D eigenvalue weighted by molar-refractivity contribution is -0.122. The molecule has 0 aliphatic heterocycles. The van der Waals surface area contributed by atoms with E-state index < -0.39 is 10.3 Å². The number of hydrogen-bond acceptors (Lipinski definition) is 4. The maximum atomic E-state index is 11.7. The number of hydrogen-bond donors (Lipinski definition) is 1. The van der Waals surface area contributed by atoms with E-state index >= 15 is 0 Å². The number of methoxy groups -OCH3 is 1. The fourth-order valence-electron chi connectivity index (χ4n) is 1.74. The number of furan rings is 1. The fraction of sp³-hybridized carbons (Fsp3) is 0.500. The number of ether oxygens (including phenoxy) is 1. The molecular weight excluding hydrogens is 293 g/mol. The highest BCUT2D eigenvalue weighted by atomic mass is 35.5. The molecule has 1 aromatic heterocycles. The molecule has 1 amide bonds. The summed E-state index contributed by atoms with van der Waals surface area (Å²) in [4.78, 5) is 23.0. The van der Waals surface area contributed by atoms with Crippen molar-refractivity contribution in [3.63, 3.8) is 0 Å². The van der Waals surface area contributed by atoms with Gasteiger partial charge in [0.15, 0.2) is 0 Å². The van der Waals surface area contributed by atoms with Crippen LogP contribution in [-0.4, -0.2) is 23.3 Å². The third kappa shape index (κ3) is 3.04. The maximum Gasteiger partial charge on any atom is 0.341 e. The summed E-state index contributed by atoms with van der Waals surface area (Å²) >= 11 is 11.6. The van der Waals surface area contributed by atoms with Crippen LogP contribution in [0.15, 0.2) is 10.5 Å². The van der Waals surface area contributed by atoms with E-state index in [9.17, 15) is 9.59 Å². The van der Waals surface area contributed by atoms with Crippen LogP contribution in [0.2, 0.25) is 0 Å². The van der Waals surface area contributed by atoms with Crippen LogP contribution in [0.25, 0.3) is 0 Å². The quantitative estimate of drug-likeness (QED) is 0.684. The number of carbonyl (C=O) groups is 2. The predicted molar refractivity (Wildman–Crippen MR) is 69.2 cm³/mol. The lowest BCUT2D eigenvalue weighted by Crippen LogP contribution is -2.26. The molecule has 1 N–H and O–H groups in total. The van der Waals surface area contributed by atoms with Gasteiger partial charge in [-0.25, -0.2) is 4.79 Å². The minimum Gasteiger partial charge on any atom is -0.465 e. The number of amides is 1. The smallest absolute Gasteiger partial charge is 0.341 e. The van der Waals surface area contributed by atoms with Crippen LogP contribution in [0.3, 0.4) is 0 Å². The normalized spacial score (nSPS) is 19.9. The van der Waals surface area contributed by atoms with Crippen molar-refractivity contribution in [3.05, 3.63) is 23.2 Å². The highest BCUT2D eigenvalue weighted by molar-refractivity contribution is 6.52. The summed E-state index contributed by atoms with van der Waals surface area (Å²) < 4.78 is 9.02. The van der Waals surface area contributed by atoms with Crippen LogP contribution in [0.4, 0.5) is 0 Å². The summed E-state index contributed by atoms with van der Waals surface area (Å²) in [6, 6.07) is 1.54. The first kappa shape index (κ1) is 14.2. The number of carbonyl (C=O) groups excluding carboxylic acids is 2. The van der Waals surface area contributed by atoms with Gasteiger partial charge in [0.25, 0.3) is 0 Å². The van der Waals surface area contributed by atoms with Crippen LogP contribution in [-0.2, 0) is 16.1 Å². The van der Waals surface area contributed by atoms with Crippen molar-refractivity contribution in [3.8, 4) is 0 Å². The maximum absolute atomic E-state index is 11.7. The van der Waals surface area contributed by atoms with Crippen LogP contribution in [0.1, 0.15) is 28.3 Å². The molecule has 0 spiro atoms. The number of nitrogens with one attached hydrogen (secondary N) is 1. The van der Waals surface area contributed by atoms with E-state index in [4.69, 9.17) is 27.6 Å². The molecule has 7 heteroatoms. The minimum atomic E-state index is -0.944. The number of aryl methyl sites for hydroxylation is 1. The SMILES string of the molecule is COC(=O)c1cc(CNC(=O)C2CC2(Cl)Cl)oc1C. The Bertz CT molecular complexity index is 524. The van der Waals surface area contributed by atoms with Gasteiger partial charge in [0.05, 0.1) is 19.6 Å². The molecular formula is C12H13Cl2NO4. The summed E-state index contributed by atoms with van der Waals surface area (Å²) in [5.74, 6) is -0.152. The second kappa shape index (κ2) is 5.06. The van der Waals surface area contributed by atoms with Crippen molar-refractivity contribution in [2.75, 3.05) is 7.11 Å². The van der Waals surface area contributed by atoms with E-state index in [2.05, 4.69) is 10.1 Å². The highest BCUT2D eigenvalue weighted by Crippen LogP contribution is 2.53. The standard InChI is InChI=1S/C12H13Cl2NO4/c1-6-8(11(17)18-2)3-7(19-6)5-15-10(16)9-4-12(9,13)14/h3,9H,4-5H2,1-2H3,(H,15,16). The van der Waals surface area contributed by atoms with Gasteiger partial charge in [-0.3, -0.25) is 4.79 Å². The number of rotatable bonds is 4. The van der Waals surface area contributed by atoms with Crippen LogP contribution >= 0.6 is 23.2 Å². The van der Waals surface area contributed by atoms with E-state index in [1.807, 2.05) is 0 Å². The highest BCUT2D eigenvalue weighted by Gasteiger charge is 2.56. The first-order valence-electron chi connectivity index (χ1n) is 5.68. The van der Waals surface area contributed by atoms with Crippen molar-refractivity contribution < 1.29 is 18.7 Å². The molecule has 19 heavy (non-hydrogen) atoms. The molecule has 1 fully saturated rings. The van der Waals surface area contributed by atoms with Gasteiger partial charge in [0.1, 0.15) is 21.4 Å². The number of halogens is 2. The Morgan fingerprint density at radius 1 is 1.58 bits per heavy atom. The molecule has 1 atom stereocenters. The Morgan fingerprint density at radius 2 is 2.21 bits per heavy atom. The summed E-state index contributed by atoms with van der Waals surface area (Å²) in [5.41, 5.74) is 0.349. The molecule has 0 saturated heterocycles. The van der Waals surface area contributed by atoms with Gasteiger partial charge in [-0.2, -0.15) is 0 Å². The zero-order valence-electron chi connectivity index (χ0n) is 10.5. The van der Waals surface area contributed by atoms with Gasteiger partial charge in [-0.15, -0.1) is 23.2 Å². The first-order chi connectivity index (χ1) is 8.85. The Kier molecular flexibility index (Phi) is 3.78. The van der Waals surface area contributed by atoms with Crippen LogP contribution < -0.4 is 5.32 Å². The monoisotopic (exact) mass is 305 g/mol. The predicted octanol–water partition coefficient (Wildman–Crippen LogP) is 2.18. The van der Waals surface area contributed by atoms with E-state index in [1.165, 1.54) is 7.11 Å². The summed E-state index contributed by atoms with van der Waals surface area (Å²) in [6.45, 7) is 1.83. The molecule has 1 aliphatic carbocycles. The lowest BCUT2D eigenvalue weighted by atomic mass is 10.2. The van der Waals surface area contributed by atoms with Crippen LogP contribution in [0, 0.1) is 12.8 Å². The van der Waals surface area contributed by atoms with Crippen molar-refractivity contribution in [1.82, 2.24) is 5.32 Å². The largest absolute Gasteiger partial charge is 0.465 e. The Morgan fingerprint density at radius 3 is 2.74 bits per heavy atom. The van der Waals surface area contributed by atoms with Crippen molar-refractivity contribution in [1.29, 1.82) is 0 Å². The van der Waals surface area contributed by atoms with Gasteiger partial charge in [-0.05, 0) is 19.4 Å². The Hall–Kier alpha value is -1.20. The summed E-state index contributed by atoms with van der Waals surface area (Å²) in [6.07, 6.45) is 0.451. The van der Waals surface area contributed by atoms with Crippen molar-refractivity contribution in [2.45, 2.75) is 24.2 Å².